The number of hydrogen-bond acceptors (Lipinski definition) is 3. The van der Waals surface area contributed by atoms with E-state index < -0.39 is 0 Å². The Morgan fingerprint density at radius 2 is 2.21 bits per heavy atom. The van der Waals surface area contributed by atoms with Crippen LogP contribution in [0.5, 0.6) is 5.75 Å². The quantitative estimate of drug-likeness (QED) is 0.870. The van der Waals surface area contributed by atoms with Crippen LogP contribution in [0, 0.1) is 5.82 Å². The molecule has 1 heterocycles. The highest BCUT2D eigenvalue weighted by Crippen LogP contribution is 2.30. The van der Waals surface area contributed by atoms with Crippen molar-refractivity contribution in [3.8, 4) is 5.75 Å². The smallest absolute Gasteiger partial charge is 0.165 e. The van der Waals surface area contributed by atoms with Crippen molar-refractivity contribution in [3.05, 3.63) is 53.7 Å². The van der Waals surface area contributed by atoms with Gasteiger partial charge in [0.25, 0.3) is 0 Å². The highest BCUT2D eigenvalue weighted by molar-refractivity contribution is 5.34. The Balaban J connectivity index is 2.30. The molecule has 0 bridgehead atoms. The summed E-state index contributed by atoms with van der Waals surface area (Å²) < 4.78 is 24.5. The van der Waals surface area contributed by atoms with Crippen LogP contribution in [-0.4, -0.2) is 13.2 Å². The monoisotopic (exact) mass is 263 g/mol. The summed E-state index contributed by atoms with van der Waals surface area (Å²) in [5.41, 5.74) is 6.48. The Labute approximate surface area is 112 Å². The molecule has 3 nitrogen and oxygen atoms in total. The number of hydrogen-bond donors (Lipinski definition) is 1. The number of nitrogens with two attached hydrogens (primary N) is 1. The maximum Gasteiger partial charge on any atom is 0.165 e. The zero-order chi connectivity index (χ0) is 13.7. The molecule has 0 aliphatic carbocycles. The molecule has 0 fully saturated rings. The number of furan rings is 1. The first-order valence-corrected chi connectivity index (χ1v) is 6.42. The molecule has 0 spiro atoms. The summed E-state index contributed by atoms with van der Waals surface area (Å²) in [5, 5.41) is 0. The number of rotatable bonds is 6. The van der Waals surface area contributed by atoms with Gasteiger partial charge in [0.2, 0.25) is 0 Å². The Morgan fingerprint density at radius 1 is 1.37 bits per heavy atom. The van der Waals surface area contributed by atoms with E-state index in [1.165, 1.54) is 6.07 Å². The summed E-state index contributed by atoms with van der Waals surface area (Å²) in [7, 11) is 0. The molecular weight excluding hydrogens is 245 g/mol. The van der Waals surface area contributed by atoms with Crippen LogP contribution < -0.4 is 10.5 Å². The maximum atomic E-state index is 13.9. The predicted octanol–water partition coefficient (Wildman–Crippen LogP) is 3.30. The molecule has 2 aromatic rings. The molecule has 0 aliphatic heterocycles. The topological polar surface area (TPSA) is 48.4 Å². The van der Waals surface area contributed by atoms with Crippen molar-refractivity contribution < 1.29 is 13.5 Å². The van der Waals surface area contributed by atoms with Crippen molar-refractivity contribution in [2.75, 3.05) is 13.2 Å². The minimum Gasteiger partial charge on any atom is -0.491 e. The largest absolute Gasteiger partial charge is 0.491 e. The van der Waals surface area contributed by atoms with Gasteiger partial charge in [0, 0.05) is 5.92 Å². The first-order chi connectivity index (χ1) is 9.26. The normalized spacial score (nSPS) is 12.4. The Morgan fingerprint density at radius 3 is 2.79 bits per heavy atom. The second-order valence-corrected chi connectivity index (χ2v) is 4.27. The fourth-order valence-electron chi connectivity index (χ4n) is 2.14. The van der Waals surface area contributed by atoms with Gasteiger partial charge in [-0.15, -0.1) is 0 Å². The summed E-state index contributed by atoms with van der Waals surface area (Å²) in [5.74, 6) is 0.698. The summed E-state index contributed by atoms with van der Waals surface area (Å²) in [6, 6.07) is 8.71. The third-order valence-corrected chi connectivity index (χ3v) is 3.00. The van der Waals surface area contributed by atoms with Gasteiger partial charge in [0.1, 0.15) is 5.76 Å². The summed E-state index contributed by atoms with van der Waals surface area (Å²) in [6.45, 7) is 2.79. The molecule has 2 rings (SSSR count). The first-order valence-electron chi connectivity index (χ1n) is 6.42. The molecule has 1 unspecified atom stereocenters. The molecule has 0 aliphatic rings. The molecule has 2 N–H and O–H groups in total. The van der Waals surface area contributed by atoms with Crippen molar-refractivity contribution in [2.45, 2.75) is 19.3 Å². The molecule has 0 saturated carbocycles. The molecule has 0 saturated heterocycles. The van der Waals surface area contributed by atoms with E-state index in [2.05, 4.69) is 0 Å². The van der Waals surface area contributed by atoms with Crippen LogP contribution in [0.4, 0.5) is 4.39 Å². The van der Waals surface area contributed by atoms with Gasteiger partial charge in [-0.05, 0) is 49.7 Å². The van der Waals surface area contributed by atoms with Gasteiger partial charge in [0.05, 0.1) is 12.9 Å². The van der Waals surface area contributed by atoms with Gasteiger partial charge in [-0.25, -0.2) is 4.39 Å². The van der Waals surface area contributed by atoms with Crippen LogP contribution in [-0.2, 0) is 0 Å². The van der Waals surface area contributed by atoms with Crippen molar-refractivity contribution in [1.82, 2.24) is 0 Å². The number of halogens is 1. The second-order valence-electron chi connectivity index (χ2n) is 4.27. The van der Waals surface area contributed by atoms with Gasteiger partial charge in [-0.2, -0.15) is 0 Å². The third kappa shape index (κ3) is 3.15. The van der Waals surface area contributed by atoms with E-state index in [0.717, 1.165) is 11.3 Å². The minimum absolute atomic E-state index is 0.0230. The number of ether oxygens (including phenoxy) is 1. The standard InChI is InChI=1S/C15H18FNO2/c1-2-18-15-6-5-11(10-13(15)16)12(7-8-17)14-4-3-9-19-14/h3-6,9-10,12H,2,7-8,17H2,1H3. The molecule has 4 heteroatoms. The van der Waals surface area contributed by atoms with Crippen LogP contribution in [0.1, 0.15) is 30.6 Å². The van der Waals surface area contributed by atoms with Gasteiger partial charge in [-0.3, -0.25) is 0 Å². The lowest BCUT2D eigenvalue weighted by atomic mass is 9.93. The summed E-state index contributed by atoms with van der Waals surface area (Å²) in [4.78, 5) is 0. The second kappa shape index (κ2) is 6.38. The molecule has 1 aromatic carbocycles. The molecule has 19 heavy (non-hydrogen) atoms. The fraction of sp³-hybridized carbons (Fsp3) is 0.333. The highest BCUT2D eigenvalue weighted by Gasteiger charge is 2.18. The zero-order valence-corrected chi connectivity index (χ0v) is 10.9. The Bertz CT molecular complexity index is 511. The van der Waals surface area contributed by atoms with Crippen LogP contribution in [0.3, 0.4) is 0 Å². The zero-order valence-electron chi connectivity index (χ0n) is 10.9. The molecule has 1 atom stereocenters. The van der Waals surface area contributed by atoms with Crippen LogP contribution in [0.15, 0.2) is 41.0 Å². The number of benzene rings is 1. The minimum atomic E-state index is -0.354. The van der Waals surface area contributed by atoms with Gasteiger partial charge >= 0.3 is 0 Å². The van der Waals surface area contributed by atoms with Gasteiger partial charge in [0.15, 0.2) is 11.6 Å². The highest BCUT2D eigenvalue weighted by atomic mass is 19.1. The van der Waals surface area contributed by atoms with Crippen molar-refractivity contribution >= 4 is 0 Å². The SMILES string of the molecule is CCOc1ccc(C(CCN)c2ccco2)cc1F. The summed E-state index contributed by atoms with van der Waals surface area (Å²) in [6.07, 6.45) is 2.32. The average molecular weight is 263 g/mol. The van der Waals surface area contributed by atoms with E-state index in [0.29, 0.717) is 19.6 Å². The first kappa shape index (κ1) is 13.6. The van der Waals surface area contributed by atoms with Crippen molar-refractivity contribution in [1.29, 1.82) is 0 Å². The molecular formula is C15H18FNO2. The molecule has 1 aromatic heterocycles. The van der Waals surface area contributed by atoms with Crippen molar-refractivity contribution in [3.63, 3.8) is 0 Å². The van der Waals surface area contributed by atoms with Crippen LogP contribution in [0.2, 0.25) is 0 Å². The van der Waals surface area contributed by atoms with Gasteiger partial charge < -0.3 is 14.9 Å². The molecule has 102 valence electrons. The Hall–Kier alpha value is -1.81. The Kier molecular flexibility index (Phi) is 4.58. The van der Waals surface area contributed by atoms with Crippen LogP contribution >= 0.6 is 0 Å². The third-order valence-electron chi connectivity index (χ3n) is 3.00. The van der Waals surface area contributed by atoms with E-state index in [-0.39, 0.29) is 17.5 Å². The lowest BCUT2D eigenvalue weighted by Gasteiger charge is -2.15. The summed E-state index contributed by atoms with van der Waals surface area (Å²) >= 11 is 0. The maximum absolute atomic E-state index is 13.9. The fourth-order valence-corrected chi connectivity index (χ4v) is 2.14. The van der Waals surface area contributed by atoms with E-state index in [1.54, 1.807) is 12.3 Å². The average Bonchev–Trinajstić information content (AvgIpc) is 2.92. The van der Waals surface area contributed by atoms with E-state index in [9.17, 15) is 4.39 Å². The van der Waals surface area contributed by atoms with E-state index in [1.807, 2.05) is 25.1 Å². The van der Waals surface area contributed by atoms with Crippen LogP contribution in [0.25, 0.3) is 0 Å². The van der Waals surface area contributed by atoms with E-state index in [4.69, 9.17) is 14.9 Å². The molecule has 0 radical (unpaired) electrons. The lowest BCUT2D eigenvalue weighted by molar-refractivity contribution is 0.321. The van der Waals surface area contributed by atoms with Crippen molar-refractivity contribution in [2.24, 2.45) is 5.73 Å². The van der Waals surface area contributed by atoms with Gasteiger partial charge in [-0.1, -0.05) is 6.07 Å². The molecule has 0 amide bonds. The van der Waals surface area contributed by atoms with E-state index >= 15 is 0 Å². The predicted molar refractivity (Wildman–Crippen MR) is 71.8 cm³/mol. The lowest BCUT2D eigenvalue weighted by Crippen LogP contribution is -2.08.